The Morgan fingerprint density at radius 1 is 0.654 bits per heavy atom. The molecule has 0 saturated heterocycles. The van der Waals surface area contributed by atoms with Gasteiger partial charge in [-0.15, -0.1) is 41.3 Å². The van der Waals surface area contributed by atoms with Gasteiger partial charge in [0, 0.05) is 51.9 Å². The van der Waals surface area contributed by atoms with Crippen molar-refractivity contribution in [3.63, 3.8) is 0 Å². The Hall–Kier alpha value is -5.52. The third-order valence-electron chi connectivity index (χ3n) is 9.36. The first kappa shape index (κ1) is 34.9. The van der Waals surface area contributed by atoms with Gasteiger partial charge in [-0.1, -0.05) is 70.1 Å². The Morgan fingerprint density at radius 2 is 1.37 bits per heavy atom. The number of aryl methyl sites for hydroxylation is 2. The van der Waals surface area contributed by atoms with E-state index in [0.29, 0.717) is 11.5 Å². The largest absolute Gasteiger partial charge is 2.00 e. The molecule has 260 valence electrons. The summed E-state index contributed by atoms with van der Waals surface area (Å²) in [6.45, 7) is 10.7. The fourth-order valence-corrected chi connectivity index (χ4v) is 7.02. The molecule has 9 aromatic rings. The minimum atomic E-state index is -0.110. The molecule has 0 aliphatic heterocycles. The third kappa shape index (κ3) is 5.79. The fraction of sp³-hybridized carbons (Fsp3) is 0.159. The maximum Gasteiger partial charge on any atom is 2.00 e. The molecule has 8 heteroatoms. The average Bonchev–Trinajstić information content (AvgIpc) is 3.75. The minimum Gasteiger partial charge on any atom is -0.509 e. The number of benzene rings is 4. The Morgan fingerprint density at radius 3 is 2.10 bits per heavy atom. The molecule has 0 saturated carbocycles. The number of hydrogen-bond donors (Lipinski definition) is 0. The van der Waals surface area contributed by atoms with Gasteiger partial charge in [0.25, 0.3) is 0 Å². The van der Waals surface area contributed by atoms with E-state index in [4.69, 9.17) is 19.8 Å². The van der Waals surface area contributed by atoms with Gasteiger partial charge in [0.15, 0.2) is 0 Å². The molecule has 0 amide bonds. The molecule has 0 aliphatic carbocycles. The van der Waals surface area contributed by atoms with E-state index in [-0.39, 0.29) is 33.9 Å². The molecule has 0 N–H and O–H groups in total. The van der Waals surface area contributed by atoms with Crippen LogP contribution in [0.2, 0.25) is 0 Å². The van der Waals surface area contributed by atoms with Crippen LogP contribution in [0.5, 0.6) is 11.5 Å². The van der Waals surface area contributed by atoms with Gasteiger partial charge >= 0.3 is 21.1 Å². The number of pyridine rings is 2. The molecule has 0 spiro atoms. The molecule has 0 unspecified atom stereocenters. The van der Waals surface area contributed by atoms with E-state index >= 15 is 0 Å². The molecule has 5 aromatic heterocycles. The minimum absolute atomic E-state index is 0. The monoisotopic (exact) mass is 861 g/mol. The van der Waals surface area contributed by atoms with Crippen molar-refractivity contribution in [2.45, 2.75) is 47.5 Å². The van der Waals surface area contributed by atoms with E-state index in [0.717, 1.165) is 77.9 Å². The summed E-state index contributed by atoms with van der Waals surface area (Å²) < 4.78 is 12.9. The first-order valence-corrected chi connectivity index (χ1v) is 16.8. The summed E-state index contributed by atoms with van der Waals surface area (Å²) in [4.78, 5) is 9.71. The number of aromatic nitrogens is 6. The Kier molecular flexibility index (Phi) is 8.88. The molecule has 0 aliphatic rings. The van der Waals surface area contributed by atoms with Crippen molar-refractivity contribution >= 4 is 43.7 Å². The smallest absolute Gasteiger partial charge is 0.509 e. The Labute approximate surface area is 317 Å². The maximum absolute atomic E-state index is 6.60. The number of ether oxygens (including phenoxy) is 1. The van der Waals surface area contributed by atoms with Crippen LogP contribution in [-0.4, -0.2) is 28.9 Å². The van der Waals surface area contributed by atoms with Crippen molar-refractivity contribution in [3.8, 4) is 28.7 Å². The summed E-state index contributed by atoms with van der Waals surface area (Å²) in [5.41, 5.74) is 8.74. The molecule has 4 aromatic carbocycles. The number of nitrogens with zero attached hydrogens (tertiary/aromatic N) is 6. The van der Waals surface area contributed by atoms with Crippen LogP contribution >= 0.6 is 0 Å². The molecule has 9 rings (SSSR count). The zero-order chi connectivity index (χ0) is 34.1. The van der Waals surface area contributed by atoms with Crippen molar-refractivity contribution in [3.05, 3.63) is 145 Å². The van der Waals surface area contributed by atoms with Gasteiger partial charge in [-0.05, 0) is 66.7 Å². The van der Waals surface area contributed by atoms with E-state index in [9.17, 15) is 0 Å². The Bertz CT molecular complexity index is 2710. The zero-order valence-electron chi connectivity index (χ0n) is 28.9. The van der Waals surface area contributed by atoms with Gasteiger partial charge in [0.05, 0.1) is 16.9 Å². The van der Waals surface area contributed by atoms with Gasteiger partial charge < -0.3 is 9.30 Å². The van der Waals surface area contributed by atoms with Crippen LogP contribution in [0, 0.1) is 26.0 Å². The van der Waals surface area contributed by atoms with Crippen molar-refractivity contribution in [1.29, 1.82) is 0 Å². The van der Waals surface area contributed by atoms with Gasteiger partial charge in [-0.2, -0.15) is 11.2 Å². The van der Waals surface area contributed by atoms with Crippen LogP contribution in [0.4, 0.5) is 0 Å². The number of hydrogen-bond acceptors (Lipinski definition) is 4. The predicted octanol–water partition coefficient (Wildman–Crippen LogP) is 10.8. The zero-order valence-corrected chi connectivity index (χ0v) is 31.1. The van der Waals surface area contributed by atoms with Crippen molar-refractivity contribution in [2.24, 2.45) is 0 Å². The van der Waals surface area contributed by atoms with Crippen LogP contribution in [0.25, 0.3) is 60.9 Å². The molecule has 0 atom stereocenters. The molecule has 5 heterocycles. The summed E-state index contributed by atoms with van der Waals surface area (Å²) in [7, 11) is 0. The molecule has 52 heavy (non-hydrogen) atoms. The second kappa shape index (κ2) is 13.2. The molecule has 7 nitrogen and oxygen atoms in total. The number of para-hydroxylation sites is 2. The van der Waals surface area contributed by atoms with E-state index in [1.807, 2.05) is 42.2 Å². The van der Waals surface area contributed by atoms with Gasteiger partial charge in [-0.25, -0.2) is 9.97 Å². The van der Waals surface area contributed by atoms with E-state index < -0.39 is 0 Å². The predicted molar refractivity (Wildman–Crippen MR) is 207 cm³/mol. The standard InChI is InChI=1S/C43H34N6O.CH4.Pt/c1-27-21-28(2)49(46-27)31-22-29(43(3,4)5)23-33(24-31)50-32-16-17-36-34-11-6-9-15-39(34)48(40(36)26-32)41-25-30(18-20-44-41)47-38-14-8-7-12-35(38)37-13-10-19-45-42(37)47;;/h6-23,25H,1-5H3;1H4;/q-2;;+2. The second-order valence-electron chi connectivity index (χ2n) is 13.8. The molecular weight excluding hydrogens is 824 g/mol. The second-order valence-corrected chi connectivity index (χ2v) is 13.8. The third-order valence-corrected chi connectivity index (χ3v) is 9.36. The van der Waals surface area contributed by atoms with Crippen molar-refractivity contribution < 1.29 is 25.8 Å². The van der Waals surface area contributed by atoms with Gasteiger partial charge in [-0.3, -0.25) is 9.25 Å². The maximum atomic E-state index is 6.60. The number of rotatable bonds is 5. The van der Waals surface area contributed by atoms with Crippen LogP contribution in [0.1, 0.15) is 45.1 Å². The summed E-state index contributed by atoms with van der Waals surface area (Å²) in [5, 5.41) is 9.18. The summed E-state index contributed by atoms with van der Waals surface area (Å²) >= 11 is 0. The molecule has 0 fully saturated rings. The van der Waals surface area contributed by atoms with E-state index in [2.05, 4.69) is 134 Å². The first-order chi connectivity index (χ1) is 24.2. The van der Waals surface area contributed by atoms with Gasteiger partial charge in [0.1, 0.15) is 11.5 Å². The Balaban J connectivity index is 0.00000210. The fourth-order valence-electron chi connectivity index (χ4n) is 7.02. The quantitative estimate of drug-likeness (QED) is 0.162. The van der Waals surface area contributed by atoms with Crippen LogP contribution in [-0.2, 0) is 26.5 Å². The summed E-state index contributed by atoms with van der Waals surface area (Å²) in [6, 6.07) is 42.6. The molecule has 0 bridgehead atoms. The van der Waals surface area contributed by atoms with E-state index in [1.165, 1.54) is 0 Å². The normalized spacial score (nSPS) is 11.6. The van der Waals surface area contributed by atoms with Crippen LogP contribution in [0.3, 0.4) is 0 Å². The van der Waals surface area contributed by atoms with E-state index in [1.54, 1.807) is 0 Å². The van der Waals surface area contributed by atoms with Crippen LogP contribution in [0.15, 0.2) is 116 Å². The SMILES string of the molecule is C.Cc1cc(C)n(-c2[c-]c(Oc3[c-]c4c(cc3)c3ccccc3n4-c3cc(-n4c5ccccc5c5cccnc54)ccn3)cc(C(C)(C)C)c2)n1.[Pt+2]. The van der Waals surface area contributed by atoms with Crippen molar-refractivity contribution in [1.82, 2.24) is 28.9 Å². The topological polar surface area (TPSA) is 62.7 Å². The molecule has 0 radical (unpaired) electrons. The van der Waals surface area contributed by atoms with Crippen molar-refractivity contribution in [2.75, 3.05) is 0 Å². The summed E-state index contributed by atoms with van der Waals surface area (Å²) in [5.74, 6) is 1.97. The first-order valence-electron chi connectivity index (χ1n) is 16.8. The van der Waals surface area contributed by atoms with Gasteiger partial charge in [0.2, 0.25) is 0 Å². The summed E-state index contributed by atoms with van der Waals surface area (Å²) in [6.07, 6.45) is 3.71. The van der Waals surface area contributed by atoms with Crippen LogP contribution < -0.4 is 4.74 Å². The number of fused-ring (bicyclic) bond motifs is 6. The average molecular weight is 862 g/mol. The molecular formula is C44H38N6OPt.